The van der Waals surface area contributed by atoms with Crippen molar-refractivity contribution in [1.29, 1.82) is 0 Å². The van der Waals surface area contributed by atoms with Gasteiger partial charge in [-0.3, -0.25) is 24.7 Å². The van der Waals surface area contributed by atoms with Crippen LogP contribution in [0.3, 0.4) is 0 Å². The molecule has 0 atom stereocenters. The van der Waals surface area contributed by atoms with Crippen molar-refractivity contribution in [2.24, 2.45) is 0 Å². The first-order chi connectivity index (χ1) is 13.9. The molecule has 1 amide bonds. The van der Waals surface area contributed by atoms with Gasteiger partial charge in [0.05, 0.1) is 18.1 Å². The minimum Gasteiger partial charge on any atom is -0.484 e. The third kappa shape index (κ3) is 5.17. The van der Waals surface area contributed by atoms with Crippen LogP contribution in [0.1, 0.15) is 11.3 Å². The van der Waals surface area contributed by atoms with Crippen molar-refractivity contribution in [2.75, 3.05) is 32.9 Å². The Bertz CT molecular complexity index is 1030. The first-order valence-electron chi connectivity index (χ1n) is 8.71. The fraction of sp³-hybridized carbons (Fsp3) is 0.278. The van der Waals surface area contributed by atoms with E-state index in [1.807, 2.05) is 4.98 Å². The highest BCUT2D eigenvalue weighted by Crippen LogP contribution is 2.16. The van der Waals surface area contributed by atoms with E-state index in [-0.39, 0.29) is 18.2 Å². The second kappa shape index (κ2) is 8.97. The monoisotopic (exact) mass is 402 g/mol. The lowest BCUT2D eigenvalue weighted by Gasteiger charge is -2.26. The molecule has 0 unspecified atom stereocenters. The van der Waals surface area contributed by atoms with Gasteiger partial charge in [-0.25, -0.2) is 4.79 Å². The Balaban J connectivity index is 1.65. The molecule has 1 aliphatic rings. The molecule has 2 heterocycles. The van der Waals surface area contributed by atoms with Gasteiger partial charge in [0.25, 0.3) is 5.91 Å². The molecule has 2 N–H and O–H groups in total. The molecule has 1 aromatic carbocycles. The molecule has 1 aliphatic heterocycles. The molecule has 0 saturated carbocycles. The number of nitro groups is 1. The van der Waals surface area contributed by atoms with Crippen molar-refractivity contribution in [3.63, 3.8) is 0 Å². The van der Waals surface area contributed by atoms with Gasteiger partial charge >= 0.3 is 16.9 Å². The number of aromatic amines is 2. The summed E-state index contributed by atoms with van der Waals surface area (Å²) in [6, 6.07) is 6.62. The number of nitrogens with zero attached hydrogens (tertiary/aromatic N) is 2. The summed E-state index contributed by atoms with van der Waals surface area (Å²) >= 11 is 0. The fourth-order valence-corrected chi connectivity index (χ4v) is 2.70. The molecule has 1 fully saturated rings. The van der Waals surface area contributed by atoms with E-state index in [9.17, 15) is 24.5 Å². The minimum absolute atomic E-state index is 0.0879. The Hall–Kier alpha value is -3.73. The molecule has 0 aliphatic carbocycles. The topological polar surface area (TPSA) is 148 Å². The maximum atomic E-state index is 12.1. The number of carbonyl (C=O) groups excluding carboxylic acids is 1. The van der Waals surface area contributed by atoms with E-state index in [0.29, 0.717) is 37.6 Å². The summed E-state index contributed by atoms with van der Waals surface area (Å²) in [5, 5.41) is 11.0. The molecule has 29 heavy (non-hydrogen) atoms. The summed E-state index contributed by atoms with van der Waals surface area (Å²) in [4.78, 5) is 50.9. The zero-order chi connectivity index (χ0) is 20.8. The Kier molecular flexibility index (Phi) is 6.19. The van der Waals surface area contributed by atoms with Crippen LogP contribution in [-0.2, 0) is 9.53 Å². The lowest BCUT2D eigenvalue weighted by molar-refractivity contribution is -0.386. The predicted octanol–water partition coefficient (Wildman–Crippen LogP) is 0.379. The number of aromatic nitrogens is 2. The molecule has 2 aromatic rings. The lowest BCUT2D eigenvalue weighted by Crippen LogP contribution is -2.42. The van der Waals surface area contributed by atoms with Gasteiger partial charge in [-0.05, 0) is 23.8 Å². The van der Waals surface area contributed by atoms with Crippen molar-refractivity contribution in [3.8, 4) is 5.75 Å². The van der Waals surface area contributed by atoms with E-state index in [0.717, 1.165) is 0 Å². The van der Waals surface area contributed by atoms with E-state index in [2.05, 4.69) is 4.98 Å². The smallest absolute Gasteiger partial charge is 0.357 e. The molecular formula is C18H18N4O7. The van der Waals surface area contributed by atoms with Gasteiger partial charge in [0.15, 0.2) is 6.61 Å². The normalized spacial score (nSPS) is 14.1. The molecule has 0 spiro atoms. The number of morpholine rings is 1. The Labute approximate surface area is 163 Å². The zero-order valence-corrected chi connectivity index (χ0v) is 15.3. The van der Waals surface area contributed by atoms with Gasteiger partial charge in [0.1, 0.15) is 11.4 Å². The summed E-state index contributed by atoms with van der Waals surface area (Å²) in [7, 11) is 0. The Morgan fingerprint density at radius 1 is 1.17 bits per heavy atom. The SMILES string of the molecule is O=C(COc1ccc(/C=C\c2[nH]c(=O)[nH]c(=O)c2[N+](=O)[O-])cc1)N1CCOCC1. The molecule has 0 radical (unpaired) electrons. The molecule has 1 saturated heterocycles. The van der Waals surface area contributed by atoms with Crippen LogP contribution < -0.4 is 16.0 Å². The van der Waals surface area contributed by atoms with Crippen molar-refractivity contribution in [3.05, 3.63) is 66.5 Å². The molecule has 11 heteroatoms. The first-order valence-corrected chi connectivity index (χ1v) is 8.71. The minimum atomic E-state index is -1.08. The maximum absolute atomic E-state index is 12.1. The summed E-state index contributed by atoms with van der Waals surface area (Å²) in [5.74, 6) is 0.363. The van der Waals surface area contributed by atoms with Crippen LogP contribution in [-0.4, -0.2) is 58.6 Å². The maximum Gasteiger partial charge on any atom is 0.357 e. The average molecular weight is 402 g/mol. The number of amides is 1. The summed E-state index contributed by atoms with van der Waals surface area (Å²) < 4.78 is 10.7. The second-order valence-electron chi connectivity index (χ2n) is 6.11. The van der Waals surface area contributed by atoms with Crippen LogP contribution in [0, 0.1) is 10.1 Å². The first kappa shape index (κ1) is 20.0. The Morgan fingerprint density at radius 2 is 1.86 bits per heavy atom. The number of ether oxygens (including phenoxy) is 2. The van der Waals surface area contributed by atoms with Gasteiger partial charge in [-0.1, -0.05) is 18.2 Å². The third-order valence-corrected chi connectivity index (χ3v) is 4.18. The van der Waals surface area contributed by atoms with Crippen molar-refractivity contribution >= 4 is 23.7 Å². The highest BCUT2D eigenvalue weighted by molar-refractivity contribution is 5.78. The van der Waals surface area contributed by atoms with Crippen LogP contribution in [0.15, 0.2) is 33.9 Å². The molecular weight excluding hydrogens is 384 g/mol. The number of nitrogens with one attached hydrogen (secondary N) is 2. The van der Waals surface area contributed by atoms with Crippen LogP contribution in [0.25, 0.3) is 12.2 Å². The van der Waals surface area contributed by atoms with Gasteiger partial charge in [0, 0.05) is 13.1 Å². The predicted molar refractivity (Wildman–Crippen MR) is 103 cm³/mol. The number of hydrogen-bond acceptors (Lipinski definition) is 7. The highest BCUT2D eigenvalue weighted by atomic mass is 16.6. The van der Waals surface area contributed by atoms with E-state index >= 15 is 0 Å². The van der Waals surface area contributed by atoms with Gasteiger partial charge < -0.3 is 19.4 Å². The molecule has 1 aromatic heterocycles. The number of H-pyrrole nitrogens is 2. The van der Waals surface area contributed by atoms with Gasteiger partial charge in [-0.2, -0.15) is 0 Å². The number of rotatable bonds is 6. The average Bonchev–Trinajstić information content (AvgIpc) is 2.71. The molecule has 11 nitrogen and oxygen atoms in total. The number of benzene rings is 1. The standard InChI is InChI=1S/C18H18N4O7/c23-15(21-7-9-28-10-8-21)11-29-13-4-1-12(2-5-13)3-6-14-16(22(26)27)17(24)20-18(25)19-14/h1-6H,7-11H2,(H2,19,20,24,25)/b6-3-. The van der Waals surface area contributed by atoms with Crippen LogP contribution >= 0.6 is 0 Å². The van der Waals surface area contributed by atoms with E-state index < -0.39 is 21.9 Å². The third-order valence-electron chi connectivity index (χ3n) is 4.18. The summed E-state index contributed by atoms with van der Waals surface area (Å²) in [5.41, 5.74) is -2.23. The van der Waals surface area contributed by atoms with E-state index in [1.54, 1.807) is 29.2 Å². The number of carbonyl (C=O) groups is 1. The molecule has 3 rings (SSSR count). The van der Waals surface area contributed by atoms with Crippen molar-refractivity contribution in [1.82, 2.24) is 14.9 Å². The van der Waals surface area contributed by atoms with Crippen LogP contribution in [0.5, 0.6) is 5.75 Å². The second-order valence-corrected chi connectivity index (χ2v) is 6.11. The summed E-state index contributed by atoms with van der Waals surface area (Å²) in [6.07, 6.45) is 2.77. The van der Waals surface area contributed by atoms with Crippen LogP contribution in [0.4, 0.5) is 5.69 Å². The van der Waals surface area contributed by atoms with Crippen LogP contribution in [0.2, 0.25) is 0 Å². The van der Waals surface area contributed by atoms with E-state index in [4.69, 9.17) is 9.47 Å². The Morgan fingerprint density at radius 3 is 2.52 bits per heavy atom. The summed E-state index contributed by atoms with van der Waals surface area (Å²) in [6.45, 7) is 2.04. The zero-order valence-electron chi connectivity index (χ0n) is 15.3. The van der Waals surface area contributed by atoms with E-state index in [1.165, 1.54) is 12.2 Å². The fourth-order valence-electron chi connectivity index (χ4n) is 2.70. The quantitative estimate of drug-likeness (QED) is 0.524. The molecule has 152 valence electrons. The van der Waals surface area contributed by atoms with Crippen molar-refractivity contribution < 1.29 is 19.2 Å². The largest absolute Gasteiger partial charge is 0.484 e. The van der Waals surface area contributed by atoms with Gasteiger partial charge in [0.2, 0.25) is 0 Å². The lowest BCUT2D eigenvalue weighted by atomic mass is 10.2. The highest BCUT2D eigenvalue weighted by Gasteiger charge is 2.19. The van der Waals surface area contributed by atoms with Gasteiger partial charge in [-0.15, -0.1) is 0 Å². The van der Waals surface area contributed by atoms with Crippen molar-refractivity contribution in [2.45, 2.75) is 0 Å². The molecule has 0 bridgehead atoms. The number of hydrogen-bond donors (Lipinski definition) is 2.